The predicted octanol–water partition coefficient (Wildman–Crippen LogP) is 2.79. The zero-order valence-corrected chi connectivity index (χ0v) is 9.34. The molecule has 0 bridgehead atoms. The maximum atomic E-state index is 8.78. The van der Waals surface area contributed by atoms with E-state index >= 15 is 0 Å². The van der Waals surface area contributed by atoms with Crippen LogP contribution in [0.4, 0.5) is 5.82 Å². The van der Waals surface area contributed by atoms with Gasteiger partial charge >= 0.3 is 0 Å². The molecule has 84 valence electrons. The molecule has 4 heteroatoms. The van der Waals surface area contributed by atoms with Crippen LogP contribution in [-0.2, 0) is 0 Å². The molecule has 1 heterocycles. The number of pyridine rings is 1. The highest BCUT2D eigenvalue weighted by atomic mass is 16.5. The monoisotopic (exact) mass is 225 g/mol. The van der Waals surface area contributed by atoms with Gasteiger partial charge in [-0.25, -0.2) is 0 Å². The third-order valence-electron chi connectivity index (χ3n) is 2.17. The highest BCUT2D eigenvalue weighted by molar-refractivity contribution is 5.40. The van der Waals surface area contributed by atoms with Crippen LogP contribution in [-0.4, -0.2) is 12.0 Å². The fraction of sp³-hybridized carbons (Fsp3) is 0.0769. The van der Waals surface area contributed by atoms with Crippen molar-refractivity contribution < 1.29 is 4.74 Å². The maximum absolute atomic E-state index is 8.78. The quantitative estimate of drug-likeness (QED) is 0.872. The Morgan fingerprint density at radius 2 is 2.06 bits per heavy atom. The van der Waals surface area contributed by atoms with Crippen molar-refractivity contribution in [2.45, 2.75) is 0 Å². The molecule has 0 aliphatic heterocycles. The first-order valence-corrected chi connectivity index (χ1v) is 5.14. The molecular weight excluding hydrogens is 214 g/mol. The van der Waals surface area contributed by atoms with Crippen LogP contribution in [0.1, 0.15) is 5.56 Å². The van der Waals surface area contributed by atoms with E-state index in [-0.39, 0.29) is 0 Å². The molecule has 2 rings (SSSR count). The van der Waals surface area contributed by atoms with Gasteiger partial charge in [0, 0.05) is 13.1 Å². The van der Waals surface area contributed by atoms with E-state index in [9.17, 15) is 0 Å². The molecule has 0 saturated carbocycles. The van der Waals surface area contributed by atoms with E-state index in [0.717, 1.165) is 5.82 Å². The van der Waals surface area contributed by atoms with Crippen molar-refractivity contribution in [2.75, 3.05) is 12.4 Å². The van der Waals surface area contributed by atoms with Crippen LogP contribution in [0.5, 0.6) is 11.6 Å². The van der Waals surface area contributed by atoms with Gasteiger partial charge in [0.05, 0.1) is 11.6 Å². The van der Waals surface area contributed by atoms with Crippen molar-refractivity contribution >= 4 is 5.82 Å². The summed E-state index contributed by atoms with van der Waals surface area (Å²) in [6.07, 6.45) is 0. The number of nitrogens with zero attached hydrogens (tertiary/aromatic N) is 2. The first-order chi connectivity index (χ1) is 8.31. The molecule has 17 heavy (non-hydrogen) atoms. The number of benzene rings is 1. The van der Waals surface area contributed by atoms with Gasteiger partial charge in [0.2, 0.25) is 5.88 Å². The van der Waals surface area contributed by atoms with Crippen LogP contribution in [0.25, 0.3) is 0 Å². The molecule has 0 spiro atoms. The smallest absolute Gasteiger partial charge is 0.221 e. The first kappa shape index (κ1) is 11.0. The van der Waals surface area contributed by atoms with E-state index in [2.05, 4.69) is 16.4 Å². The third kappa shape index (κ3) is 2.73. The number of rotatable bonds is 3. The van der Waals surface area contributed by atoms with Crippen LogP contribution < -0.4 is 10.1 Å². The van der Waals surface area contributed by atoms with Gasteiger partial charge < -0.3 is 10.1 Å². The molecule has 0 atom stereocenters. The highest BCUT2D eigenvalue weighted by Crippen LogP contribution is 2.21. The molecule has 1 N–H and O–H groups in total. The normalized spacial score (nSPS) is 9.41. The fourth-order valence-corrected chi connectivity index (χ4v) is 1.36. The first-order valence-electron chi connectivity index (χ1n) is 5.14. The molecule has 0 radical (unpaired) electrons. The number of nitriles is 1. The van der Waals surface area contributed by atoms with E-state index in [1.807, 2.05) is 12.1 Å². The second-order valence-electron chi connectivity index (χ2n) is 3.35. The van der Waals surface area contributed by atoms with Gasteiger partial charge in [0.15, 0.2) is 0 Å². The van der Waals surface area contributed by atoms with Gasteiger partial charge in [0.1, 0.15) is 11.6 Å². The van der Waals surface area contributed by atoms with Gasteiger partial charge in [-0.2, -0.15) is 10.2 Å². The lowest BCUT2D eigenvalue weighted by Gasteiger charge is -2.06. The summed E-state index contributed by atoms with van der Waals surface area (Å²) in [6, 6.07) is 14.5. The third-order valence-corrected chi connectivity index (χ3v) is 2.17. The fourth-order valence-electron chi connectivity index (χ4n) is 1.36. The average molecular weight is 225 g/mol. The lowest BCUT2D eigenvalue weighted by atomic mass is 10.2. The number of aromatic nitrogens is 1. The lowest BCUT2D eigenvalue weighted by Crippen LogP contribution is -1.94. The van der Waals surface area contributed by atoms with Crippen LogP contribution in [0.15, 0.2) is 42.5 Å². The Morgan fingerprint density at radius 3 is 2.82 bits per heavy atom. The molecule has 0 aliphatic rings. The summed E-state index contributed by atoms with van der Waals surface area (Å²) < 4.78 is 5.56. The molecule has 0 fully saturated rings. The summed E-state index contributed by atoms with van der Waals surface area (Å²) in [5, 5.41) is 11.7. The summed E-state index contributed by atoms with van der Waals surface area (Å²) in [5.41, 5.74) is 0.562. The largest absolute Gasteiger partial charge is 0.439 e. The van der Waals surface area contributed by atoms with Gasteiger partial charge in [-0.3, -0.25) is 0 Å². The molecule has 0 unspecified atom stereocenters. The van der Waals surface area contributed by atoms with Gasteiger partial charge in [-0.15, -0.1) is 0 Å². The molecule has 0 saturated heterocycles. The van der Waals surface area contributed by atoms with Crippen LogP contribution in [0, 0.1) is 11.3 Å². The van der Waals surface area contributed by atoms with E-state index in [1.54, 1.807) is 37.4 Å². The van der Waals surface area contributed by atoms with Crippen molar-refractivity contribution in [1.29, 1.82) is 5.26 Å². The van der Waals surface area contributed by atoms with Crippen molar-refractivity contribution in [1.82, 2.24) is 4.98 Å². The molecule has 1 aromatic heterocycles. The van der Waals surface area contributed by atoms with Crippen LogP contribution >= 0.6 is 0 Å². The Morgan fingerprint density at radius 1 is 1.24 bits per heavy atom. The molecular formula is C13H11N3O. The summed E-state index contributed by atoms with van der Waals surface area (Å²) in [7, 11) is 1.79. The second-order valence-corrected chi connectivity index (χ2v) is 3.35. The Hall–Kier alpha value is -2.54. The zero-order chi connectivity index (χ0) is 12.1. The molecule has 0 amide bonds. The van der Waals surface area contributed by atoms with Gasteiger partial charge in [-0.1, -0.05) is 12.1 Å². The number of nitrogens with one attached hydrogen (secondary N) is 1. The summed E-state index contributed by atoms with van der Waals surface area (Å²) in [5.74, 6) is 1.83. The Bertz CT molecular complexity index is 561. The van der Waals surface area contributed by atoms with E-state index in [0.29, 0.717) is 17.2 Å². The highest BCUT2D eigenvalue weighted by Gasteiger charge is 2.00. The number of hydrogen-bond acceptors (Lipinski definition) is 4. The second kappa shape index (κ2) is 4.99. The standard InChI is InChI=1S/C13H11N3O/c1-15-12-6-3-7-13(16-12)17-11-5-2-4-10(8-11)9-14/h2-8H,1H3,(H,15,16). The predicted molar refractivity (Wildman–Crippen MR) is 65.0 cm³/mol. The van der Waals surface area contributed by atoms with E-state index in [1.165, 1.54) is 0 Å². The lowest BCUT2D eigenvalue weighted by molar-refractivity contribution is 0.463. The number of anilines is 1. The molecule has 4 nitrogen and oxygen atoms in total. The zero-order valence-electron chi connectivity index (χ0n) is 9.34. The molecule has 0 aliphatic carbocycles. The van der Waals surface area contributed by atoms with Crippen molar-refractivity contribution in [3.63, 3.8) is 0 Å². The Labute approximate surface area is 99.5 Å². The Balaban J connectivity index is 2.22. The average Bonchev–Trinajstić information content (AvgIpc) is 2.39. The SMILES string of the molecule is CNc1cccc(Oc2cccc(C#N)c2)n1. The van der Waals surface area contributed by atoms with E-state index < -0.39 is 0 Å². The van der Waals surface area contributed by atoms with Gasteiger partial charge in [0.25, 0.3) is 0 Å². The summed E-state index contributed by atoms with van der Waals surface area (Å²) in [6.45, 7) is 0. The topological polar surface area (TPSA) is 57.9 Å². The molecule has 1 aromatic carbocycles. The number of hydrogen-bond donors (Lipinski definition) is 1. The minimum absolute atomic E-state index is 0.493. The van der Waals surface area contributed by atoms with Crippen molar-refractivity contribution in [3.8, 4) is 17.7 Å². The minimum Gasteiger partial charge on any atom is -0.439 e. The summed E-state index contributed by atoms with van der Waals surface area (Å²) in [4.78, 5) is 4.23. The number of ether oxygens (including phenoxy) is 1. The van der Waals surface area contributed by atoms with Crippen molar-refractivity contribution in [2.24, 2.45) is 0 Å². The van der Waals surface area contributed by atoms with Gasteiger partial charge in [-0.05, 0) is 24.3 Å². The van der Waals surface area contributed by atoms with E-state index in [4.69, 9.17) is 10.00 Å². The minimum atomic E-state index is 0.493. The van der Waals surface area contributed by atoms with Crippen LogP contribution in [0.2, 0.25) is 0 Å². The molecule has 2 aromatic rings. The summed E-state index contributed by atoms with van der Waals surface area (Å²) >= 11 is 0. The Kier molecular flexibility index (Phi) is 3.22. The maximum Gasteiger partial charge on any atom is 0.221 e. The van der Waals surface area contributed by atoms with Crippen LogP contribution in [0.3, 0.4) is 0 Å². The van der Waals surface area contributed by atoms with Crippen molar-refractivity contribution in [3.05, 3.63) is 48.0 Å².